The van der Waals surface area contributed by atoms with Gasteiger partial charge in [0.2, 0.25) is 0 Å². The summed E-state index contributed by atoms with van der Waals surface area (Å²) in [5.41, 5.74) is 5.35. The second kappa shape index (κ2) is 11.1. The molecular weight excluding hydrogens is 656 g/mol. The van der Waals surface area contributed by atoms with Crippen molar-refractivity contribution in [1.82, 2.24) is 0 Å². The number of fused-ring (bicyclic) bond motifs is 12. The van der Waals surface area contributed by atoms with Gasteiger partial charge in [0.15, 0.2) is 0 Å². The van der Waals surface area contributed by atoms with Crippen molar-refractivity contribution in [2.75, 3.05) is 0 Å². The topological polar surface area (TPSA) is 0 Å². The van der Waals surface area contributed by atoms with E-state index in [0.29, 0.717) is 0 Å². The predicted octanol–water partition coefficient (Wildman–Crippen LogP) is 13.2. The van der Waals surface area contributed by atoms with E-state index in [0.717, 1.165) is 0 Å². The third kappa shape index (κ3) is 4.10. The lowest BCUT2D eigenvalue weighted by Gasteiger charge is -2.27. The fourth-order valence-electron chi connectivity index (χ4n) is 9.44. The number of hydrogen-bond acceptors (Lipinski definition) is 0. The molecule has 0 saturated carbocycles. The summed E-state index contributed by atoms with van der Waals surface area (Å²) in [5, 5.41) is 22.7. The summed E-state index contributed by atoms with van der Waals surface area (Å²) in [7, 11) is -1.11. The lowest BCUT2D eigenvalue weighted by Crippen LogP contribution is -2.24. The maximum absolute atomic E-state index is 2.55. The highest BCUT2D eigenvalue weighted by molar-refractivity contribution is 7.81. The van der Waals surface area contributed by atoms with Crippen molar-refractivity contribution in [3.8, 4) is 22.3 Å². The third-order valence-electron chi connectivity index (χ3n) is 11.7. The van der Waals surface area contributed by atoms with Crippen molar-refractivity contribution < 1.29 is 0 Å². The van der Waals surface area contributed by atoms with Crippen LogP contribution < -0.4 is 15.9 Å². The molecule has 0 heterocycles. The van der Waals surface area contributed by atoms with Crippen LogP contribution in [0, 0.1) is 0 Å². The molecule has 0 saturated heterocycles. The van der Waals surface area contributed by atoms with Crippen molar-refractivity contribution in [3.63, 3.8) is 0 Å². The van der Waals surface area contributed by atoms with E-state index in [4.69, 9.17) is 0 Å². The molecule has 11 aromatic rings. The molecule has 0 amide bonds. The van der Waals surface area contributed by atoms with Crippen LogP contribution in [-0.4, -0.2) is 0 Å². The third-order valence-corrected chi connectivity index (χ3v) is 14.3. The van der Waals surface area contributed by atoms with E-state index in [2.05, 4.69) is 188 Å². The molecule has 12 rings (SSSR count). The Morgan fingerprint density at radius 1 is 0.245 bits per heavy atom. The number of rotatable bonds is 3. The standard InChI is InChI=1S/C52H31P/c1-4-17-35-33(15-1)29-49(42-24-11-9-20-38(35)42)53(50-30-34-16-2-5-18-36(34)39-21-10-12-25-43(39)50)52-37-19-6-3-14-32(37)28-46-45-27-13-26-44-40-22-7-8-23-41(40)47(51(44)45)31-48(46)52/h1-31H. The SMILES string of the molecule is c1ccc2c(c1)-c1cccc3c1c-2cc1c(P(c2cc4ccccc4c4ccccc24)c2cc4ccccc4c4ccccc24)c2ccccc2cc13. The van der Waals surface area contributed by atoms with Crippen LogP contribution >= 0.6 is 7.92 Å². The molecule has 53 heavy (non-hydrogen) atoms. The molecule has 1 aliphatic carbocycles. The van der Waals surface area contributed by atoms with Crippen LogP contribution in [0.15, 0.2) is 188 Å². The zero-order valence-corrected chi connectivity index (χ0v) is 29.7. The molecule has 0 N–H and O–H groups in total. The molecule has 11 aromatic carbocycles. The Balaban J connectivity index is 1.33. The van der Waals surface area contributed by atoms with E-state index < -0.39 is 7.92 Å². The van der Waals surface area contributed by atoms with E-state index in [1.54, 1.807) is 0 Å². The van der Waals surface area contributed by atoms with Gasteiger partial charge in [0.05, 0.1) is 0 Å². The minimum atomic E-state index is -1.11. The number of benzene rings is 11. The molecule has 0 aliphatic heterocycles. The van der Waals surface area contributed by atoms with Gasteiger partial charge in [-0.15, -0.1) is 0 Å². The fourth-order valence-corrected chi connectivity index (χ4v) is 12.5. The highest BCUT2D eigenvalue weighted by Crippen LogP contribution is 2.52. The Bertz CT molecular complexity index is 3230. The first-order valence-electron chi connectivity index (χ1n) is 18.4. The van der Waals surface area contributed by atoms with E-state index in [-0.39, 0.29) is 0 Å². The average molecular weight is 687 g/mol. The first kappa shape index (κ1) is 29.3. The lowest BCUT2D eigenvalue weighted by atomic mass is 9.94. The maximum atomic E-state index is 2.55. The fraction of sp³-hybridized carbons (Fsp3) is 0. The zero-order chi connectivity index (χ0) is 34.6. The van der Waals surface area contributed by atoms with E-state index >= 15 is 0 Å². The van der Waals surface area contributed by atoms with Gasteiger partial charge in [0.25, 0.3) is 0 Å². The van der Waals surface area contributed by atoms with E-state index in [9.17, 15) is 0 Å². The van der Waals surface area contributed by atoms with Crippen LogP contribution in [0.5, 0.6) is 0 Å². The van der Waals surface area contributed by atoms with Gasteiger partial charge in [-0.3, -0.25) is 0 Å². The molecule has 0 nitrogen and oxygen atoms in total. The van der Waals surface area contributed by atoms with E-state index in [1.165, 1.54) is 114 Å². The monoisotopic (exact) mass is 686 g/mol. The second-order valence-corrected chi connectivity index (χ2v) is 16.5. The highest BCUT2D eigenvalue weighted by atomic mass is 31.1. The molecule has 0 bridgehead atoms. The lowest BCUT2D eigenvalue weighted by molar-refractivity contribution is 1.70. The average Bonchev–Trinajstić information content (AvgIpc) is 3.55. The van der Waals surface area contributed by atoms with Gasteiger partial charge in [-0.25, -0.2) is 0 Å². The van der Waals surface area contributed by atoms with Crippen LogP contribution in [-0.2, 0) is 0 Å². The Labute approximate surface area is 308 Å². The van der Waals surface area contributed by atoms with Crippen molar-refractivity contribution in [3.05, 3.63) is 188 Å². The van der Waals surface area contributed by atoms with Crippen molar-refractivity contribution in [1.29, 1.82) is 0 Å². The van der Waals surface area contributed by atoms with Gasteiger partial charge in [0, 0.05) is 5.30 Å². The summed E-state index contributed by atoms with van der Waals surface area (Å²) in [5.74, 6) is 0. The predicted molar refractivity (Wildman–Crippen MR) is 232 cm³/mol. The number of hydrogen-bond donors (Lipinski definition) is 0. The van der Waals surface area contributed by atoms with Gasteiger partial charge < -0.3 is 0 Å². The van der Waals surface area contributed by atoms with Gasteiger partial charge in [-0.1, -0.05) is 164 Å². The molecule has 0 spiro atoms. The largest absolute Gasteiger partial charge is 0.0616 e. The van der Waals surface area contributed by atoms with Crippen LogP contribution in [0.2, 0.25) is 0 Å². The smallest absolute Gasteiger partial charge is 0.000679 e. The summed E-state index contributed by atoms with van der Waals surface area (Å²) in [4.78, 5) is 0. The zero-order valence-electron chi connectivity index (χ0n) is 28.8. The van der Waals surface area contributed by atoms with Crippen LogP contribution in [0.25, 0.3) is 97.7 Å². The van der Waals surface area contributed by atoms with Crippen molar-refractivity contribution in [2.45, 2.75) is 0 Å². The quantitative estimate of drug-likeness (QED) is 0.0986. The second-order valence-electron chi connectivity index (χ2n) is 14.4. The van der Waals surface area contributed by atoms with Crippen molar-refractivity contribution in [2.24, 2.45) is 0 Å². The van der Waals surface area contributed by atoms with Gasteiger partial charge >= 0.3 is 0 Å². The normalized spacial score (nSPS) is 12.3. The molecule has 1 aliphatic rings. The van der Waals surface area contributed by atoms with Gasteiger partial charge in [-0.2, -0.15) is 0 Å². The van der Waals surface area contributed by atoms with Crippen LogP contribution in [0.4, 0.5) is 0 Å². The molecule has 0 unspecified atom stereocenters. The summed E-state index contributed by atoms with van der Waals surface area (Å²) < 4.78 is 0. The Morgan fingerprint density at radius 3 is 1.28 bits per heavy atom. The molecule has 0 aromatic heterocycles. The molecule has 0 fully saturated rings. The molecule has 0 atom stereocenters. The highest BCUT2D eigenvalue weighted by Gasteiger charge is 2.29. The summed E-state index contributed by atoms with van der Waals surface area (Å²) >= 11 is 0. The minimum Gasteiger partial charge on any atom is -0.0616 e. The van der Waals surface area contributed by atoms with Gasteiger partial charge in [-0.05, 0) is 140 Å². The first-order chi connectivity index (χ1) is 26.3. The van der Waals surface area contributed by atoms with Gasteiger partial charge in [0.1, 0.15) is 0 Å². The maximum Gasteiger partial charge on any atom is 0.000679 e. The van der Waals surface area contributed by atoms with Crippen LogP contribution in [0.3, 0.4) is 0 Å². The minimum absolute atomic E-state index is 1.11. The summed E-state index contributed by atoms with van der Waals surface area (Å²) in [6.45, 7) is 0. The Kier molecular flexibility index (Phi) is 6.12. The molecule has 1 heteroatoms. The van der Waals surface area contributed by atoms with Crippen LogP contribution in [0.1, 0.15) is 0 Å². The Hall–Kier alpha value is -6.33. The Morgan fingerprint density at radius 2 is 0.679 bits per heavy atom. The molecule has 244 valence electrons. The van der Waals surface area contributed by atoms with E-state index in [1.807, 2.05) is 0 Å². The summed E-state index contributed by atoms with van der Waals surface area (Å²) in [6, 6.07) is 71.2. The van der Waals surface area contributed by atoms with Crippen molar-refractivity contribution >= 4 is 99.2 Å². The molecule has 0 radical (unpaired) electrons. The molecular formula is C52H31P. The first-order valence-corrected chi connectivity index (χ1v) is 19.8. The summed E-state index contributed by atoms with van der Waals surface area (Å²) in [6.07, 6.45) is 0.